The molecule has 0 spiro atoms. The average molecular weight is 301 g/mol. The highest BCUT2D eigenvalue weighted by atomic mass is 16.5. The molecule has 1 aromatic heterocycles. The molecule has 0 aliphatic heterocycles. The van der Waals surface area contributed by atoms with E-state index in [1.54, 1.807) is 13.3 Å². The number of ether oxygens (including phenoxy) is 1. The van der Waals surface area contributed by atoms with Crippen molar-refractivity contribution in [1.82, 2.24) is 14.9 Å². The number of benzene rings is 1. The standard InChI is InChI=1S/C16H23N5O/c1-20(2)10-5-11-21(15-8-9-18-16(17)19-15)13-6-4-7-14(12-13)22-3/h4,6-9,12H,5,10-11H2,1-3H3,(H2,17,18,19). The lowest BCUT2D eigenvalue weighted by Crippen LogP contribution is -2.24. The normalized spacial score (nSPS) is 10.7. The zero-order valence-electron chi connectivity index (χ0n) is 13.4. The summed E-state index contributed by atoms with van der Waals surface area (Å²) in [7, 11) is 5.80. The lowest BCUT2D eigenvalue weighted by Gasteiger charge is -2.25. The first-order chi connectivity index (χ1) is 10.6. The number of methoxy groups -OCH3 is 1. The minimum Gasteiger partial charge on any atom is -0.497 e. The Balaban J connectivity index is 2.27. The summed E-state index contributed by atoms with van der Waals surface area (Å²) < 4.78 is 5.31. The highest BCUT2D eigenvalue weighted by Crippen LogP contribution is 2.27. The molecule has 0 amide bonds. The van der Waals surface area contributed by atoms with Crippen molar-refractivity contribution in [2.75, 3.05) is 44.9 Å². The summed E-state index contributed by atoms with van der Waals surface area (Å²) >= 11 is 0. The molecule has 0 aliphatic carbocycles. The number of nitrogen functional groups attached to an aromatic ring is 1. The molecule has 0 atom stereocenters. The van der Waals surface area contributed by atoms with Crippen LogP contribution in [0, 0.1) is 0 Å². The first kappa shape index (κ1) is 16.0. The van der Waals surface area contributed by atoms with Gasteiger partial charge in [-0.1, -0.05) is 6.07 Å². The highest BCUT2D eigenvalue weighted by Gasteiger charge is 2.12. The smallest absolute Gasteiger partial charge is 0.221 e. The van der Waals surface area contributed by atoms with Gasteiger partial charge in [0.2, 0.25) is 5.95 Å². The maximum absolute atomic E-state index is 5.73. The van der Waals surface area contributed by atoms with Gasteiger partial charge in [0.1, 0.15) is 11.6 Å². The number of hydrogen-bond donors (Lipinski definition) is 1. The van der Waals surface area contributed by atoms with Crippen LogP contribution in [0.5, 0.6) is 5.75 Å². The number of aromatic nitrogens is 2. The van der Waals surface area contributed by atoms with Crippen LogP contribution in [-0.2, 0) is 0 Å². The van der Waals surface area contributed by atoms with Gasteiger partial charge in [-0.3, -0.25) is 0 Å². The van der Waals surface area contributed by atoms with E-state index in [0.717, 1.165) is 36.8 Å². The monoisotopic (exact) mass is 301 g/mol. The van der Waals surface area contributed by atoms with Gasteiger partial charge in [-0.05, 0) is 45.3 Å². The fourth-order valence-corrected chi connectivity index (χ4v) is 2.21. The largest absolute Gasteiger partial charge is 0.497 e. The Morgan fingerprint density at radius 1 is 1.18 bits per heavy atom. The Hall–Kier alpha value is -2.34. The molecule has 2 N–H and O–H groups in total. The fourth-order valence-electron chi connectivity index (χ4n) is 2.21. The maximum Gasteiger partial charge on any atom is 0.221 e. The lowest BCUT2D eigenvalue weighted by atomic mass is 10.2. The number of rotatable bonds is 7. The van der Waals surface area contributed by atoms with Gasteiger partial charge in [0.15, 0.2) is 0 Å². The van der Waals surface area contributed by atoms with Gasteiger partial charge < -0.3 is 20.3 Å². The predicted octanol–water partition coefficient (Wildman–Crippen LogP) is 2.16. The van der Waals surface area contributed by atoms with Crippen molar-refractivity contribution in [3.8, 4) is 5.75 Å². The molecule has 1 heterocycles. The first-order valence-corrected chi connectivity index (χ1v) is 7.25. The molecule has 0 aliphatic rings. The van der Waals surface area contributed by atoms with Crippen LogP contribution in [0.3, 0.4) is 0 Å². The zero-order valence-corrected chi connectivity index (χ0v) is 13.4. The van der Waals surface area contributed by atoms with E-state index in [0.29, 0.717) is 0 Å². The van der Waals surface area contributed by atoms with E-state index in [1.807, 2.05) is 30.3 Å². The Morgan fingerprint density at radius 3 is 2.68 bits per heavy atom. The van der Waals surface area contributed by atoms with Gasteiger partial charge in [-0.15, -0.1) is 0 Å². The molecule has 2 rings (SSSR count). The van der Waals surface area contributed by atoms with Gasteiger partial charge in [0.25, 0.3) is 0 Å². The third kappa shape index (κ3) is 4.33. The molecule has 0 saturated carbocycles. The Labute approximate surface area is 131 Å². The summed E-state index contributed by atoms with van der Waals surface area (Å²) in [5, 5.41) is 0. The molecule has 6 heteroatoms. The lowest BCUT2D eigenvalue weighted by molar-refractivity contribution is 0.402. The van der Waals surface area contributed by atoms with Crippen molar-refractivity contribution in [3.63, 3.8) is 0 Å². The van der Waals surface area contributed by atoms with Crippen molar-refractivity contribution in [2.45, 2.75) is 6.42 Å². The summed E-state index contributed by atoms with van der Waals surface area (Å²) in [4.78, 5) is 12.6. The van der Waals surface area contributed by atoms with E-state index in [2.05, 4.69) is 33.9 Å². The first-order valence-electron chi connectivity index (χ1n) is 7.25. The summed E-state index contributed by atoms with van der Waals surface area (Å²) in [6.45, 7) is 1.84. The van der Waals surface area contributed by atoms with Crippen LogP contribution in [0.4, 0.5) is 17.5 Å². The quantitative estimate of drug-likeness (QED) is 0.845. The van der Waals surface area contributed by atoms with Crippen LogP contribution >= 0.6 is 0 Å². The number of hydrogen-bond acceptors (Lipinski definition) is 6. The van der Waals surface area contributed by atoms with Gasteiger partial charge >= 0.3 is 0 Å². The van der Waals surface area contributed by atoms with Crippen molar-refractivity contribution in [3.05, 3.63) is 36.5 Å². The Bertz CT molecular complexity index is 603. The van der Waals surface area contributed by atoms with E-state index in [1.165, 1.54) is 0 Å². The summed E-state index contributed by atoms with van der Waals surface area (Å²) in [5.74, 6) is 1.88. The van der Waals surface area contributed by atoms with Crippen LogP contribution in [0.15, 0.2) is 36.5 Å². The van der Waals surface area contributed by atoms with Gasteiger partial charge in [0.05, 0.1) is 7.11 Å². The molecule has 0 radical (unpaired) electrons. The van der Waals surface area contributed by atoms with E-state index < -0.39 is 0 Å². The van der Waals surface area contributed by atoms with E-state index in [9.17, 15) is 0 Å². The molecule has 0 unspecified atom stereocenters. The Morgan fingerprint density at radius 2 is 2.00 bits per heavy atom. The third-order valence-electron chi connectivity index (χ3n) is 3.29. The number of nitrogens with two attached hydrogens (primary N) is 1. The molecule has 0 fully saturated rings. The van der Waals surface area contributed by atoms with Crippen molar-refractivity contribution in [2.24, 2.45) is 0 Å². The minimum absolute atomic E-state index is 0.276. The second-order valence-electron chi connectivity index (χ2n) is 5.28. The van der Waals surface area contributed by atoms with E-state index >= 15 is 0 Å². The molecule has 118 valence electrons. The van der Waals surface area contributed by atoms with Crippen LogP contribution in [-0.4, -0.2) is 49.2 Å². The maximum atomic E-state index is 5.73. The molecular weight excluding hydrogens is 278 g/mol. The molecule has 0 saturated heterocycles. The van der Waals surface area contributed by atoms with E-state index in [-0.39, 0.29) is 5.95 Å². The third-order valence-corrected chi connectivity index (χ3v) is 3.29. The van der Waals surface area contributed by atoms with Gasteiger partial charge in [-0.25, -0.2) is 4.98 Å². The second-order valence-corrected chi connectivity index (χ2v) is 5.28. The minimum atomic E-state index is 0.276. The zero-order chi connectivity index (χ0) is 15.9. The van der Waals surface area contributed by atoms with Gasteiger partial charge in [-0.2, -0.15) is 4.98 Å². The summed E-state index contributed by atoms with van der Waals surface area (Å²) in [5.41, 5.74) is 6.75. The fraction of sp³-hybridized carbons (Fsp3) is 0.375. The molecule has 6 nitrogen and oxygen atoms in total. The highest BCUT2D eigenvalue weighted by molar-refractivity contribution is 5.62. The summed E-state index contributed by atoms with van der Waals surface area (Å²) in [6, 6.07) is 9.80. The van der Waals surface area contributed by atoms with Crippen molar-refractivity contribution in [1.29, 1.82) is 0 Å². The molecular formula is C16H23N5O. The molecule has 1 aromatic carbocycles. The van der Waals surface area contributed by atoms with E-state index in [4.69, 9.17) is 10.5 Å². The van der Waals surface area contributed by atoms with Gasteiger partial charge in [0, 0.05) is 24.5 Å². The average Bonchev–Trinajstić information content (AvgIpc) is 2.51. The van der Waals surface area contributed by atoms with Crippen LogP contribution < -0.4 is 15.4 Å². The van der Waals surface area contributed by atoms with Crippen LogP contribution in [0.2, 0.25) is 0 Å². The Kier molecular flexibility index (Phi) is 5.55. The van der Waals surface area contributed by atoms with Crippen LogP contribution in [0.25, 0.3) is 0 Å². The number of nitrogens with zero attached hydrogens (tertiary/aromatic N) is 4. The van der Waals surface area contributed by atoms with Crippen LogP contribution in [0.1, 0.15) is 6.42 Å². The van der Waals surface area contributed by atoms with Crippen molar-refractivity contribution < 1.29 is 4.74 Å². The topological polar surface area (TPSA) is 67.5 Å². The molecule has 2 aromatic rings. The SMILES string of the molecule is COc1cccc(N(CCCN(C)C)c2ccnc(N)n2)c1. The molecule has 0 bridgehead atoms. The number of anilines is 3. The molecule has 22 heavy (non-hydrogen) atoms. The predicted molar refractivity (Wildman–Crippen MR) is 89.6 cm³/mol. The van der Waals surface area contributed by atoms with Crippen molar-refractivity contribution >= 4 is 17.5 Å². The second kappa shape index (κ2) is 7.61. The summed E-state index contributed by atoms with van der Waals surface area (Å²) in [6.07, 6.45) is 2.69.